The molecule has 1 unspecified atom stereocenters. The molecular formula is C13H18N2O. The molecule has 1 heterocycles. The first-order valence-corrected chi connectivity index (χ1v) is 5.54. The highest BCUT2D eigenvalue weighted by Gasteiger charge is 2.30. The fourth-order valence-corrected chi connectivity index (χ4v) is 1.66. The normalized spacial score (nSPS) is 20.4. The van der Waals surface area contributed by atoms with Gasteiger partial charge in [0, 0.05) is 5.69 Å². The topological polar surface area (TPSA) is 47.6 Å². The highest BCUT2D eigenvalue weighted by molar-refractivity contribution is 5.99. The highest BCUT2D eigenvalue weighted by atomic mass is 16.5. The van der Waals surface area contributed by atoms with Crippen LogP contribution in [0.5, 0.6) is 0 Å². The second kappa shape index (κ2) is 3.81. The van der Waals surface area contributed by atoms with Gasteiger partial charge in [0.25, 0.3) is 0 Å². The lowest BCUT2D eigenvalue weighted by molar-refractivity contribution is 0.236. The minimum atomic E-state index is 0.130. The summed E-state index contributed by atoms with van der Waals surface area (Å²) in [6.45, 7) is 7.15. The van der Waals surface area contributed by atoms with Crippen molar-refractivity contribution in [1.82, 2.24) is 0 Å². The van der Waals surface area contributed by atoms with Crippen molar-refractivity contribution < 1.29 is 4.74 Å². The highest BCUT2D eigenvalue weighted by Crippen LogP contribution is 2.28. The Morgan fingerprint density at radius 2 is 2.00 bits per heavy atom. The van der Waals surface area contributed by atoms with Gasteiger partial charge < -0.3 is 10.5 Å². The van der Waals surface area contributed by atoms with Crippen LogP contribution in [-0.4, -0.2) is 18.5 Å². The number of hydrogen-bond acceptors (Lipinski definition) is 3. The number of aliphatic imine (C=N–C) groups is 1. The van der Waals surface area contributed by atoms with Crippen LogP contribution in [-0.2, 0) is 4.74 Å². The molecule has 16 heavy (non-hydrogen) atoms. The predicted molar refractivity (Wildman–Crippen MR) is 66.6 cm³/mol. The van der Waals surface area contributed by atoms with Crippen molar-refractivity contribution in [2.24, 2.45) is 10.4 Å². The second-order valence-corrected chi connectivity index (χ2v) is 5.21. The van der Waals surface area contributed by atoms with Gasteiger partial charge in [0.1, 0.15) is 6.61 Å². The first kappa shape index (κ1) is 11.0. The molecule has 1 aromatic rings. The van der Waals surface area contributed by atoms with Crippen LogP contribution < -0.4 is 5.73 Å². The van der Waals surface area contributed by atoms with Crippen LogP contribution in [0.15, 0.2) is 29.3 Å². The summed E-state index contributed by atoms with van der Waals surface area (Å²) < 4.78 is 5.63. The second-order valence-electron chi connectivity index (χ2n) is 5.21. The summed E-state index contributed by atoms with van der Waals surface area (Å²) in [4.78, 5) is 4.60. The number of para-hydroxylation sites is 1. The molecule has 1 aliphatic heterocycles. The van der Waals surface area contributed by atoms with Crippen LogP contribution in [0.1, 0.15) is 26.3 Å². The van der Waals surface area contributed by atoms with Gasteiger partial charge in [-0.25, -0.2) is 4.99 Å². The van der Waals surface area contributed by atoms with Crippen LogP contribution >= 0.6 is 0 Å². The molecule has 2 rings (SSSR count). The van der Waals surface area contributed by atoms with E-state index in [-0.39, 0.29) is 11.5 Å². The lowest BCUT2D eigenvalue weighted by atomic mass is 9.88. The van der Waals surface area contributed by atoms with Gasteiger partial charge in [0.15, 0.2) is 0 Å². The predicted octanol–water partition coefficient (Wildman–Crippen LogP) is 2.46. The molecule has 86 valence electrons. The first-order valence-electron chi connectivity index (χ1n) is 5.54. The number of nitrogens with two attached hydrogens (primary N) is 1. The van der Waals surface area contributed by atoms with Crippen LogP contribution in [0.3, 0.4) is 0 Å². The van der Waals surface area contributed by atoms with Crippen molar-refractivity contribution in [1.29, 1.82) is 0 Å². The molecule has 2 N–H and O–H groups in total. The Kier molecular flexibility index (Phi) is 2.62. The summed E-state index contributed by atoms with van der Waals surface area (Å²) in [5.74, 6) is 0.679. The fraction of sp³-hybridized carbons (Fsp3) is 0.462. The maximum atomic E-state index is 5.89. The summed E-state index contributed by atoms with van der Waals surface area (Å²) in [5, 5.41) is 0. The van der Waals surface area contributed by atoms with E-state index in [1.165, 1.54) is 0 Å². The zero-order valence-corrected chi connectivity index (χ0v) is 10.0. The quantitative estimate of drug-likeness (QED) is 0.736. The van der Waals surface area contributed by atoms with Crippen LogP contribution in [0.4, 0.5) is 5.69 Å². The summed E-state index contributed by atoms with van der Waals surface area (Å²) in [6.07, 6.45) is 0. The average molecular weight is 218 g/mol. The molecule has 1 atom stereocenters. The molecule has 0 saturated heterocycles. The van der Waals surface area contributed by atoms with E-state index in [1.807, 2.05) is 24.3 Å². The molecule has 0 fully saturated rings. The summed E-state index contributed by atoms with van der Waals surface area (Å²) >= 11 is 0. The number of benzene rings is 1. The molecule has 0 bridgehead atoms. The monoisotopic (exact) mass is 218 g/mol. The zero-order valence-electron chi connectivity index (χ0n) is 10.0. The summed E-state index contributed by atoms with van der Waals surface area (Å²) in [7, 11) is 0. The maximum Gasteiger partial charge on any atom is 0.218 e. The largest absolute Gasteiger partial charge is 0.475 e. The standard InChI is InChI=1S/C13H18N2O/c1-13(2,3)11-8-16-12(15-11)9-6-4-5-7-10(9)14/h4-7,11H,8,14H2,1-3H3. The van der Waals surface area contributed by atoms with Crippen molar-refractivity contribution in [3.8, 4) is 0 Å². The molecule has 1 aliphatic rings. The van der Waals surface area contributed by atoms with Gasteiger partial charge in [-0.15, -0.1) is 0 Å². The Bertz CT molecular complexity index is 418. The van der Waals surface area contributed by atoms with E-state index >= 15 is 0 Å². The van der Waals surface area contributed by atoms with Crippen LogP contribution in [0.25, 0.3) is 0 Å². The molecule has 0 aromatic heterocycles. The molecule has 0 saturated carbocycles. The first-order chi connectivity index (χ1) is 7.48. The van der Waals surface area contributed by atoms with Gasteiger partial charge in [-0.1, -0.05) is 32.9 Å². The smallest absolute Gasteiger partial charge is 0.218 e. The van der Waals surface area contributed by atoms with Gasteiger partial charge in [0.2, 0.25) is 5.90 Å². The lowest BCUT2D eigenvalue weighted by Crippen LogP contribution is -2.25. The third-order valence-electron chi connectivity index (χ3n) is 2.84. The Morgan fingerprint density at radius 3 is 2.56 bits per heavy atom. The van der Waals surface area contributed by atoms with Gasteiger partial charge in [-0.05, 0) is 17.5 Å². The van der Waals surface area contributed by atoms with Crippen molar-refractivity contribution >= 4 is 11.6 Å². The summed E-state index contributed by atoms with van der Waals surface area (Å²) in [5.41, 5.74) is 7.64. The van der Waals surface area contributed by atoms with E-state index in [0.29, 0.717) is 12.5 Å². The number of rotatable bonds is 1. The van der Waals surface area contributed by atoms with Crippen LogP contribution in [0.2, 0.25) is 0 Å². The molecule has 0 radical (unpaired) electrons. The van der Waals surface area contributed by atoms with E-state index in [9.17, 15) is 0 Å². The molecule has 3 heteroatoms. The minimum Gasteiger partial charge on any atom is -0.475 e. The third kappa shape index (κ3) is 2.03. The van der Waals surface area contributed by atoms with Gasteiger partial charge in [-0.3, -0.25) is 0 Å². The molecular weight excluding hydrogens is 200 g/mol. The Balaban J connectivity index is 2.28. The van der Waals surface area contributed by atoms with Crippen molar-refractivity contribution in [3.05, 3.63) is 29.8 Å². The Labute approximate surface area is 96.3 Å². The SMILES string of the molecule is CC(C)(C)C1COC(c2ccccc2N)=N1. The Morgan fingerprint density at radius 1 is 1.31 bits per heavy atom. The van der Waals surface area contributed by atoms with E-state index in [1.54, 1.807) is 0 Å². The van der Waals surface area contributed by atoms with E-state index in [4.69, 9.17) is 10.5 Å². The van der Waals surface area contributed by atoms with Crippen molar-refractivity contribution in [2.75, 3.05) is 12.3 Å². The lowest BCUT2D eigenvalue weighted by Gasteiger charge is -2.21. The van der Waals surface area contributed by atoms with Gasteiger partial charge in [-0.2, -0.15) is 0 Å². The minimum absolute atomic E-state index is 0.130. The average Bonchev–Trinajstić information content (AvgIpc) is 2.66. The summed E-state index contributed by atoms with van der Waals surface area (Å²) in [6, 6.07) is 7.88. The fourth-order valence-electron chi connectivity index (χ4n) is 1.66. The molecule has 0 spiro atoms. The van der Waals surface area contributed by atoms with E-state index in [0.717, 1.165) is 11.3 Å². The Hall–Kier alpha value is -1.51. The molecule has 0 amide bonds. The molecule has 1 aromatic carbocycles. The molecule has 3 nitrogen and oxygen atoms in total. The van der Waals surface area contributed by atoms with E-state index < -0.39 is 0 Å². The van der Waals surface area contributed by atoms with E-state index in [2.05, 4.69) is 25.8 Å². The van der Waals surface area contributed by atoms with Crippen LogP contribution in [0, 0.1) is 5.41 Å². The number of nitrogen functional groups attached to an aromatic ring is 1. The van der Waals surface area contributed by atoms with Crippen molar-refractivity contribution in [3.63, 3.8) is 0 Å². The van der Waals surface area contributed by atoms with Gasteiger partial charge >= 0.3 is 0 Å². The molecule has 0 aliphatic carbocycles. The number of anilines is 1. The number of ether oxygens (including phenoxy) is 1. The van der Waals surface area contributed by atoms with Gasteiger partial charge in [0.05, 0.1) is 11.6 Å². The third-order valence-corrected chi connectivity index (χ3v) is 2.84. The maximum absolute atomic E-state index is 5.89. The number of hydrogen-bond donors (Lipinski definition) is 1. The van der Waals surface area contributed by atoms with Crippen molar-refractivity contribution in [2.45, 2.75) is 26.8 Å². The number of nitrogens with zero attached hydrogens (tertiary/aromatic N) is 1. The zero-order chi connectivity index (χ0) is 11.8.